The van der Waals surface area contributed by atoms with Crippen molar-refractivity contribution >= 4 is 11.7 Å². The highest BCUT2D eigenvalue weighted by Gasteiger charge is 2.29. The summed E-state index contributed by atoms with van der Waals surface area (Å²) < 4.78 is 5.20. The maximum Gasteiger partial charge on any atom is 0.258 e. The first-order valence-electron chi connectivity index (χ1n) is 8.52. The lowest BCUT2D eigenvalue weighted by Crippen LogP contribution is -2.27. The predicted molar refractivity (Wildman–Crippen MR) is 96.2 cm³/mol. The third-order valence-corrected chi connectivity index (χ3v) is 4.32. The normalized spacial score (nSPS) is 16.9. The average molecular weight is 349 g/mol. The van der Waals surface area contributed by atoms with E-state index in [9.17, 15) is 4.79 Å². The van der Waals surface area contributed by atoms with Crippen molar-refractivity contribution in [1.29, 1.82) is 0 Å². The fourth-order valence-electron chi connectivity index (χ4n) is 3.09. The van der Waals surface area contributed by atoms with Crippen molar-refractivity contribution in [2.45, 2.75) is 25.9 Å². The van der Waals surface area contributed by atoms with Gasteiger partial charge >= 0.3 is 0 Å². The smallest absolute Gasteiger partial charge is 0.258 e. The first kappa shape index (κ1) is 16.3. The Labute approximate surface area is 151 Å². The Hall–Kier alpha value is -3.22. The van der Waals surface area contributed by atoms with Crippen molar-refractivity contribution in [3.8, 4) is 11.5 Å². The van der Waals surface area contributed by atoms with Gasteiger partial charge in [0, 0.05) is 31.3 Å². The number of carbonyl (C=O) groups excluding carboxylic acids is 1. The van der Waals surface area contributed by atoms with Gasteiger partial charge in [-0.15, -0.1) is 0 Å². The maximum absolute atomic E-state index is 12.3. The molecule has 1 saturated heterocycles. The fourth-order valence-corrected chi connectivity index (χ4v) is 3.09. The Morgan fingerprint density at radius 2 is 2.12 bits per heavy atom. The quantitative estimate of drug-likeness (QED) is 0.762. The molecule has 1 N–H and O–H groups in total. The van der Waals surface area contributed by atoms with E-state index in [1.54, 1.807) is 13.1 Å². The molecule has 1 atom stereocenters. The molecule has 7 nitrogen and oxygen atoms in total. The van der Waals surface area contributed by atoms with Gasteiger partial charge in [0.1, 0.15) is 5.82 Å². The Morgan fingerprint density at radius 1 is 1.27 bits per heavy atom. The molecule has 7 heteroatoms. The monoisotopic (exact) mass is 349 g/mol. The largest absolute Gasteiger partial charge is 0.365 e. The number of pyridine rings is 1. The van der Waals surface area contributed by atoms with E-state index in [0.29, 0.717) is 37.0 Å². The van der Waals surface area contributed by atoms with Gasteiger partial charge in [0.25, 0.3) is 5.89 Å². The van der Waals surface area contributed by atoms with Crippen LogP contribution in [0, 0.1) is 6.92 Å². The molecule has 26 heavy (non-hydrogen) atoms. The Morgan fingerprint density at radius 3 is 2.88 bits per heavy atom. The van der Waals surface area contributed by atoms with Gasteiger partial charge in [-0.1, -0.05) is 35.5 Å². The van der Waals surface area contributed by atoms with Crippen molar-refractivity contribution in [2.24, 2.45) is 0 Å². The number of amides is 1. The summed E-state index contributed by atoms with van der Waals surface area (Å²) in [5, 5.41) is 7.15. The molecule has 0 aliphatic carbocycles. The third kappa shape index (κ3) is 3.56. The number of likely N-dealkylation sites (tertiary alicyclic amines) is 1. The molecule has 1 aromatic carbocycles. The predicted octanol–water partition coefficient (Wildman–Crippen LogP) is 2.65. The van der Waals surface area contributed by atoms with Gasteiger partial charge in [-0.05, 0) is 24.6 Å². The van der Waals surface area contributed by atoms with Crippen LogP contribution in [-0.4, -0.2) is 38.5 Å². The summed E-state index contributed by atoms with van der Waals surface area (Å²) in [6.07, 6.45) is 2.15. The highest BCUT2D eigenvalue weighted by Crippen LogP contribution is 2.22. The van der Waals surface area contributed by atoms with Crippen LogP contribution < -0.4 is 5.32 Å². The highest BCUT2D eigenvalue weighted by atomic mass is 16.5. The second kappa shape index (κ2) is 6.95. The summed E-state index contributed by atoms with van der Waals surface area (Å²) in [5.74, 6) is 1.89. The fraction of sp³-hybridized carbons (Fsp3) is 0.263. The molecule has 2 aromatic heterocycles. The molecule has 0 saturated carbocycles. The molecule has 1 aliphatic heterocycles. The molecule has 0 radical (unpaired) electrons. The van der Waals surface area contributed by atoms with Gasteiger partial charge in [0.15, 0.2) is 5.82 Å². The third-order valence-electron chi connectivity index (χ3n) is 4.32. The molecule has 3 aromatic rings. The Bertz CT molecular complexity index is 909. The number of carbonyl (C=O) groups is 1. The van der Waals surface area contributed by atoms with E-state index in [2.05, 4.69) is 20.4 Å². The van der Waals surface area contributed by atoms with Gasteiger partial charge in [-0.3, -0.25) is 4.79 Å². The van der Waals surface area contributed by atoms with E-state index >= 15 is 0 Å². The molecule has 0 unspecified atom stereocenters. The highest BCUT2D eigenvalue weighted by molar-refractivity contribution is 5.80. The Kier molecular flexibility index (Phi) is 4.35. The lowest BCUT2D eigenvalue weighted by atomic mass is 10.2. The number of rotatable bonds is 5. The summed E-state index contributed by atoms with van der Waals surface area (Å²) >= 11 is 0. The van der Waals surface area contributed by atoms with Crippen molar-refractivity contribution in [3.63, 3.8) is 0 Å². The minimum atomic E-state index is 0.0263. The first-order valence-corrected chi connectivity index (χ1v) is 8.52. The zero-order valence-corrected chi connectivity index (χ0v) is 14.4. The van der Waals surface area contributed by atoms with Gasteiger partial charge in [-0.2, -0.15) is 4.98 Å². The lowest BCUT2D eigenvalue weighted by Gasteiger charge is -2.17. The number of nitrogens with zero attached hydrogens (tertiary/aromatic N) is 4. The van der Waals surface area contributed by atoms with E-state index in [1.165, 1.54) is 0 Å². The van der Waals surface area contributed by atoms with Crippen LogP contribution in [0.3, 0.4) is 0 Å². The molecular formula is C19H19N5O2. The van der Waals surface area contributed by atoms with E-state index in [0.717, 1.165) is 11.1 Å². The summed E-state index contributed by atoms with van der Waals surface area (Å²) in [6, 6.07) is 13.7. The van der Waals surface area contributed by atoms with Crippen LogP contribution in [0.1, 0.15) is 17.8 Å². The summed E-state index contributed by atoms with van der Waals surface area (Å²) in [5.41, 5.74) is 1.93. The SMILES string of the molecule is Cc1noc(-c2ccnc(N[C@@H]3CC(=O)N(Cc4ccccc4)C3)c2)n1. The van der Waals surface area contributed by atoms with Crippen molar-refractivity contribution in [1.82, 2.24) is 20.0 Å². The molecule has 0 bridgehead atoms. The van der Waals surface area contributed by atoms with E-state index < -0.39 is 0 Å². The number of benzene rings is 1. The molecule has 4 rings (SSSR count). The number of anilines is 1. The standard InChI is InChI=1S/C19H19N5O2/c1-13-21-19(26-23-13)15-7-8-20-17(9-15)22-16-10-18(25)24(12-16)11-14-5-3-2-4-6-14/h2-9,16H,10-12H2,1H3,(H,20,22)/t16-/m1/s1. The lowest BCUT2D eigenvalue weighted by molar-refractivity contribution is -0.128. The van der Waals surface area contributed by atoms with Crippen molar-refractivity contribution < 1.29 is 9.32 Å². The molecule has 3 heterocycles. The number of nitrogens with one attached hydrogen (secondary N) is 1. The maximum atomic E-state index is 12.3. The second-order valence-electron chi connectivity index (χ2n) is 6.38. The zero-order valence-electron chi connectivity index (χ0n) is 14.4. The van der Waals surface area contributed by atoms with Crippen LogP contribution in [0.2, 0.25) is 0 Å². The number of aryl methyl sites for hydroxylation is 1. The molecule has 0 spiro atoms. The summed E-state index contributed by atoms with van der Waals surface area (Å²) in [4.78, 5) is 22.7. The van der Waals surface area contributed by atoms with Gasteiger partial charge in [0.2, 0.25) is 5.91 Å². The average Bonchev–Trinajstić information content (AvgIpc) is 3.22. The van der Waals surface area contributed by atoms with Crippen LogP contribution in [0.15, 0.2) is 53.2 Å². The van der Waals surface area contributed by atoms with Gasteiger partial charge in [-0.25, -0.2) is 4.98 Å². The van der Waals surface area contributed by atoms with Gasteiger partial charge in [0.05, 0.1) is 6.04 Å². The van der Waals surface area contributed by atoms with E-state index in [1.807, 2.05) is 47.4 Å². The molecule has 1 amide bonds. The topological polar surface area (TPSA) is 84.2 Å². The minimum absolute atomic E-state index is 0.0263. The van der Waals surface area contributed by atoms with Crippen LogP contribution in [-0.2, 0) is 11.3 Å². The van der Waals surface area contributed by atoms with Crippen molar-refractivity contribution in [2.75, 3.05) is 11.9 Å². The molecular weight excluding hydrogens is 330 g/mol. The Balaban J connectivity index is 1.43. The van der Waals surface area contributed by atoms with Crippen LogP contribution >= 0.6 is 0 Å². The van der Waals surface area contributed by atoms with Crippen LogP contribution in [0.25, 0.3) is 11.5 Å². The first-order chi connectivity index (χ1) is 12.7. The minimum Gasteiger partial charge on any atom is -0.365 e. The number of hydrogen-bond acceptors (Lipinski definition) is 6. The summed E-state index contributed by atoms with van der Waals surface area (Å²) in [6.45, 7) is 3.06. The van der Waals surface area contributed by atoms with E-state index in [-0.39, 0.29) is 11.9 Å². The molecule has 1 aliphatic rings. The number of hydrogen-bond donors (Lipinski definition) is 1. The van der Waals surface area contributed by atoms with Gasteiger partial charge < -0.3 is 14.7 Å². The van der Waals surface area contributed by atoms with Crippen LogP contribution in [0.4, 0.5) is 5.82 Å². The van der Waals surface area contributed by atoms with Crippen molar-refractivity contribution in [3.05, 3.63) is 60.0 Å². The zero-order chi connectivity index (χ0) is 17.9. The molecule has 1 fully saturated rings. The second-order valence-corrected chi connectivity index (χ2v) is 6.38. The molecule has 132 valence electrons. The number of aromatic nitrogens is 3. The summed E-state index contributed by atoms with van der Waals surface area (Å²) in [7, 11) is 0. The van der Waals surface area contributed by atoms with E-state index in [4.69, 9.17) is 4.52 Å². The van der Waals surface area contributed by atoms with Crippen LogP contribution in [0.5, 0.6) is 0 Å².